The van der Waals surface area contributed by atoms with Gasteiger partial charge in [-0.05, 0) is 42.8 Å². The maximum absolute atomic E-state index is 13.6. The van der Waals surface area contributed by atoms with Crippen LogP contribution in [0.1, 0.15) is 28.3 Å². The highest BCUT2D eigenvalue weighted by Gasteiger charge is 2.23. The van der Waals surface area contributed by atoms with Gasteiger partial charge in [0.15, 0.2) is 0 Å². The van der Waals surface area contributed by atoms with Crippen LogP contribution >= 0.6 is 0 Å². The molecule has 20 heavy (non-hydrogen) atoms. The Labute approximate surface area is 118 Å². The Kier molecular flexibility index (Phi) is 3.45. The zero-order valence-electron chi connectivity index (χ0n) is 11.7. The van der Waals surface area contributed by atoms with Crippen molar-refractivity contribution < 1.29 is 9.13 Å². The number of rotatable bonds is 3. The summed E-state index contributed by atoms with van der Waals surface area (Å²) in [5, 5.41) is 3.29. The summed E-state index contributed by atoms with van der Waals surface area (Å²) in [6, 6.07) is 11.1. The molecule has 0 aliphatic carbocycles. The highest BCUT2D eigenvalue weighted by atomic mass is 19.1. The van der Waals surface area contributed by atoms with Crippen molar-refractivity contribution in [3.63, 3.8) is 0 Å². The molecule has 2 aromatic rings. The molecule has 0 saturated heterocycles. The van der Waals surface area contributed by atoms with Crippen LogP contribution in [-0.4, -0.2) is 13.7 Å². The van der Waals surface area contributed by atoms with Gasteiger partial charge in [0.1, 0.15) is 11.6 Å². The summed E-state index contributed by atoms with van der Waals surface area (Å²) < 4.78 is 19.3. The first-order valence-electron chi connectivity index (χ1n) is 6.88. The first kappa shape index (κ1) is 13.1. The first-order chi connectivity index (χ1) is 9.70. The van der Waals surface area contributed by atoms with Crippen LogP contribution in [0.5, 0.6) is 5.75 Å². The summed E-state index contributed by atoms with van der Waals surface area (Å²) in [6.07, 6.45) is 0.946. The predicted octanol–water partition coefficient (Wildman–Crippen LogP) is 3.38. The standard InChI is InChI=1S/C17H18FNO/c1-11-6-7-13(18)10-15(11)16(19-2)14-5-3-4-12-8-9-20-17(12)14/h3-7,10,16,19H,8-9H2,1-2H3. The highest BCUT2D eigenvalue weighted by Crippen LogP contribution is 2.36. The molecule has 1 aliphatic rings. The van der Waals surface area contributed by atoms with E-state index in [9.17, 15) is 4.39 Å². The number of nitrogens with one attached hydrogen (secondary N) is 1. The number of fused-ring (bicyclic) bond motifs is 1. The highest BCUT2D eigenvalue weighted by molar-refractivity contribution is 5.49. The topological polar surface area (TPSA) is 21.3 Å². The van der Waals surface area contributed by atoms with Crippen molar-refractivity contribution in [3.8, 4) is 5.75 Å². The molecule has 1 N–H and O–H groups in total. The van der Waals surface area contributed by atoms with Crippen molar-refractivity contribution in [3.05, 3.63) is 64.5 Å². The van der Waals surface area contributed by atoms with E-state index in [1.807, 2.05) is 26.1 Å². The van der Waals surface area contributed by atoms with Crippen molar-refractivity contribution in [1.29, 1.82) is 0 Å². The van der Waals surface area contributed by atoms with E-state index in [-0.39, 0.29) is 11.9 Å². The van der Waals surface area contributed by atoms with Crippen molar-refractivity contribution in [2.75, 3.05) is 13.7 Å². The van der Waals surface area contributed by atoms with Crippen LogP contribution in [0.25, 0.3) is 0 Å². The summed E-state index contributed by atoms with van der Waals surface area (Å²) in [4.78, 5) is 0. The Bertz CT molecular complexity index is 639. The lowest BCUT2D eigenvalue weighted by Gasteiger charge is -2.21. The molecule has 1 atom stereocenters. The molecule has 104 valence electrons. The number of halogens is 1. The van der Waals surface area contributed by atoms with Crippen LogP contribution in [0.4, 0.5) is 4.39 Å². The number of hydrogen-bond acceptors (Lipinski definition) is 2. The minimum Gasteiger partial charge on any atom is -0.493 e. The van der Waals surface area contributed by atoms with Gasteiger partial charge in [-0.25, -0.2) is 4.39 Å². The van der Waals surface area contributed by atoms with Gasteiger partial charge in [-0.1, -0.05) is 24.3 Å². The zero-order chi connectivity index (χ0) is 14.1. The fourth-order valence-electron chi connectivity index (χ4n) is 2.87. The van der Waals surface area contributed by atoms with Gasteiger partial charge >= 0.3 is 0 Å². The SMILES string of the molecule is CNC(c1cc(F)ccc1C)c1cccc2c1OCC2. The van der Waals surface area contributed by atoms with E-state index >= 15 is 0 Å². The van der Waals surface area contributed by atoms with Crippen LogP contribution in [-0.2, 0) is 6.42 Å². The molecule has 0 amide bonds. The number of hydrogen-bond donors (Lipinski definition) is 1. The Hall–Kier alpha value is -1.87. The van der Waals surface area contributed by atoms with Gasteiger partial charge < -0.3 is 10.1 Å². The van der Waals surface area contributed by atoms with Crippen molar-refractivity contribution in [2.45, 2.75) is 19.4 Å². The maximum atomic E-state index is 13.6. The van der Waals surface area contributed by atoms with Gasteiger partial charge in [0.25, 0.3) is 0 Å². The van der Waals surface area contributed by atoms with Gasteiger partial charge in [-0.2, -0.15) is 0 Å². The second-order valence-electron chi connectivity index (χ2n) is 5.16. The first-order valence-corrected chi connectivity index (χ1v) is 6.88. The van der Waals surface area contributed by atoms with Gasteiger partial charge in [0.05, 0.1) is 12.6 Å². The Balaban J connectivity index is 2.11. The van der Waals surface area contributed by atoms with E-state index < -0.39 is 0 Å². The average Bonchev–Trinajstić information content (AvgIpc) is 2.92. The van der Waals surface area contributed by atoms with Crippen LogP contribution in [0.2, 0.25) is 0 Å². The van der Waals surface area contributed by atoms with Crippen LogP contribution in [0.3, 0.4) is 0 Å². The molecule has 3 heteroatoms. The lowest BCUT2D eigenvalue weighted by Crippen LogP contribution is -2.19. The zero-order valence-corrected chi connectivity index (χ0v) is 11.7. The van der Waals surface area contributed by atoms with Crippen molar-refractivity contribution in [2.24, 2.45) is 0 Å². The number of benzene rings is 2. The van der Waals surface area contributed by atoms with E-state index in [0.29, 0.717) is 0 Å². The summed E-state index contributed by atoms with van der Waals surface area (Å²) in [7, 11) is 1.89. The van der Waals surface area contributed by atoms with Crippen LogP contribution in [0, 0.1) is 12.7 Å². The van der Waals surface area contributed by atoms with Gasteiger partial charge in [0.2, 0.25) is 0 Å². The van der Waals surface area contributed by atoms with Crippen molar-refractivity contribution in [1.82, 2.24) is 5.32 Å². The van der Waals surface area contributed by atoms with Gasteiger partial charge in [0, 0.05) is 12.0 Å². The number of para-hydroxylation sites is 1. The molecule has 0 spiro atoms. The monoisotopic (exact) mass is 271 g/mol. The molecule has 0 bridgehead atoms. The summed E-state index contributed by atoms with van der Waals surface area (Å²) in [6.45, 7) is 2.73. The molecular formula is C17H18FNO. The maximum Gasteiger partial charge on any atom is 0.127 e. The molecule has 1 unspecified atom stereocenters. The predicted molar refractivity (Wildman–Crippen MR) is 77.7 cm³/mol. The second-order valence-corrected chi connectivity index (χ2v) is 5.16. The molecule has 3 rings (SSSR count). The fraction of sp³-hybridized carbons (Fsp3) is 0.294. The van der Waals surface area contributed by atoms with Crippen molar-refractivity contribution >= 4 is 0 Å². The molecule has 0 saturated carbocycles. The molecular weight excluding hydrogens is 253 g/mol. The molecule has 2 aromatic carbocycles. The Morgan fingerprint density at radius 3 is 2.85 bits per heavy atom. The Morgan fingerprint density at radius 1 is 1.20 bits per heavy atom. The minimum atomic E-state index is -0.209. The van der Waals surface area contributed by atoms with E-state index in [1.165, 1.54) is 11.6 Å². The second kappa shape index (κ2) is 5.25. The molecule has 0 fully saturated rings. The Morgan fingerprint density at radius 2 is 2.05 bits per heavy atom. The molecule has 2 nitrogen and oxygen atoms in total. The smallest absolute Gasteiger partial charge is 0.127 e. The normalized spacial score (nSPS) is 14.8. The lowest BCUT2D eigenvalue weighted by molar-refractivity contribution is 0.351. The van der Waals surface area contributed by atoms with E-state index in [2.05, 4.69) is 17.4 Å². The third kappa shape index (κ3) is 2.18. The quantitative estimate of drug-likeness (QED) is 0.924. The summed E-state index contributed by atoms with van der Waals surface area (Å²) >= 11 is 0. The van der Waals surface area contributed by atoms with E-state index in [1.54, 1.807) is 6.07 Å². The molecule has 0 aromatic heterocycles. The van der Waals surface area contributed by atoms with Crippen LogP contribution < -0.4 is 10.1 Å². The lowest BCUT2D eigenvalue weighted by atomic mass is 9.93. The fourth-order valence-corrected chi connectivity index (χ4v) is 2.87. The van der Waals surface area contributed by atoms with E-state index in [0.717, 1.165) is 35.5 Å². The average molecular weight is 271 g/mol. The summed E-state index contributed by atoms with van der Waals surface area (Å²) in [5.74, 6) is 0.745. The number of ether oxygens (including phenoxy) is 1. The third-order valence-electron chi connectivity index (χ3n) is 3.90. The minimum absolute atomic E-state index is 0.0567. The molecule has 1 aliphatic heterocycles. The van der Waals surface area contributed by atoms with Gasteiger partial charge in [-0.3, -0.25) is 0 Å². The van der Waals surface area contributed by atoms with Crippen LogP contribution in [0.15, 0.2) is 36.4 Å². The summed E-state index contributed by atoms with van der Waals surface area (Å²) in [5.41, 5.74) is 4.34. The third-order valence-corrected chi connectivity index (χ3v) is 3.90. The van der Waals surface area contributed by atoms with E-state index in [4.69, 9.17) is 4.74 Å². The molecule has 0 radical (unpaired) electrons. The molecule has 1 heterocycles. The number of aryl methyl sites for hydroxylation is 1. The van der Waals surface area contributed by atoms with Gasteiger partial charge in [-0.15, -0.1) is 0 Å². The largest absolute Gasteiger partial charge is 0.493 e.